The first-order valence-corrected chi connectivity index (χ1v) is 9.81. The predicted octanol–water partition coefficient (Wildman–Crippen LogP) is 0.563. The van der Waals surface area contributed by atoms with E-state index < -0.39 is 9.84 Å². The molecule has 0 saturated carbocycles. The Morgan fingerprint density at radius 3 is 2.50 bits per heavy atom. The summed E-state index contributed by atoms with van der Waals surface area (Å²) < 4.78 is 35.8. The quantitative estimate of drug-likeness (QED) is 0.617. The van der Waals surface area contributed by atoms with E-state index in [0.29, 0.717) is 26.2 Å². The normalized spacial score (nSPS) is 18.4. The van der Waals surface area contributed by atoms with Gasteiger partial charge >= 0.3 is 0 Å². The number of aliphatic imine (C=N–C) groups is 1. The molecule has 0 unspecified atom stereocenters. The van der Waals surface area contributed by atoms with Gasteiger partial charge in [-0.05, 0) is 17.7 Å². The maximum absolute atomic E-state index is 12.9. The van der Waals surface area contributed by atoms with Crippen molar-refractivity contribution in [3.8, 4) is 0 Å². The van der Waals surface area contributed by atoms with E-state index >= 15 is 0 Å². The molecule has 134 valence electrons. The van der Waals surface area contributed by atoms with Gasteiger partial charge in [-0.1, -0.05) is 12.1 Å². The zero-order valence-electron chi connectivity index (χ0n) is 14.2. The Labute approximate surface area is 143 Å². The van der Waals surface area contributed by atoms with Crippen molar-refractivity contribution in [1.82, 2.24) is 15.1 Å². The molecule has 0 amide bonds. The van der Waals surface area contributed by atoms with Gasteiger partial charge < -0.3 is 10.2 Å². The van der Waals surface area contributed by atoms with Gasteiger partial charge in [0.2, 0.25) is 0 Å². The maximum atomic E-state index is 12.9. The highest BCUT2D eigenvalue weighted by atomic mass is 32.2. The zero-order valence-corrected chi connectivity index (χ0v) is 15.0. The topological polar surface area (TPSA) is 65.0 Å². The molecule has 0 aliphatic carbocycles. The summed E-state index contributed by atoms with van der Waals surface area (Å²) in [6, 6.07) is 6.41. The predicted molar refractivity (Wildman–Crippen MR) is 94.3 cm³/mol. The third-order valence-corrected chi connectivity index (χ3v) is 5.66. The molecule has 0 bridgehead atoms. The lowest BCUT2D eigenvalue weighted by atomic mass is 10.2. The summed E-state index contributed by atoms with van der Waals surface area (Å²) in [4.78, 5) is 8.36. The highest BCUT2D eigenvalue weighted by Gasteiger charge is 2.21. The first-order valence-electron chi connectivity index (χ1n) is 7.98. The molecule has 0 radical (unpaired) electrons. The van der Waals surface area contributed by atoms with E-state index in [-0.39, 0.29) is 17.3 Å². The first kappa shape index (κ1) is 18.7. The van der Waals surface area contributed by atoms with Gasteiger partial charge in [0.05, 0.1) is 11.5 Å². The highest BCUT2D eigenvalue weighted by Crippen LogP contribution is 2.06. The summed E-state index contributed by atoms with van der Waals surface area (Å²) >= 11 is 0. The SMILES string of the molecule is CN=C(NCCN1CCS(=O)(=O)CC1)N(C)Cc1ccc(F)cc1. The van der Waals surface area contributed by atoms with Crippen LogP contribution >= 0.6 is 0 Å². The fraction of sp³-hybridized carbons (Fsp3) is 0.562. The van der Waals surface area contributed by atoms with Crippen LogP contribution in [0.25, 0.3) is 0 Å². The molecule has 1 heterocycles. The van der Waals surface area contributed by atoms with Crippen molar-refractivity contribution in [2.45, 2.75) is 6.54 Å². The van der Waals surface area contributed by atoms with Gasteiger partial charge in [0.1, 0.15) is 5.82 Å². The highest BCUT2D eigenvalue weighted by molar-refractivity contribution is 7.91. The van der Waals surface area contributed by atoms with Crippen LogP contribution in [0.1, 0.15) is 5.56 Å². The average Bonchev–Trinajstić information content (AvgIpc) is 2.55. The van der Waals surface area contributed by atoms with Crippen molar-refractivity contribution >= 4 is 15.8 Å². The number of hydrogen-bond donors (Lipinski definition) is 1. The summed E-state index contributed by atoms with van der Waals surface area (Å²) in [5, 5.41) is 3.28. The van der Waals surface area contributed by atoms with Crippen LogP contribution in [0, 0.1) is 5.82 Å². The zero-order chi connectivity index (χ0) is 17.6. The van der Waals surface area contributed by atoms with Gasteiger partial charge in [0, 0.05) is 46.8 Å². The second kappa shape index (κ2) is 8.43. The van der Waals surface area contributed by atoms with Crippen LogP contribution in [0.5, 0.6) is 0 Å². The number of hydrogen-bond acceptors (Lipinski definition) is 4. The number of sulfone groups is 1. The maximum Gasteiger partial charge on any atom is 0.193 e. The third-order valence-electron chi connectivity index (χ3n) is 4.05. The molecule has 8 heteroatoms. The van der Waals surface area contributed by atoms with Crippen molar-refractivity contribution in [2.24, 2.45) is 4.99 Å². The van der Waals surface area contributed by atoms with Crippen LogP contribution in [0.2, 0.25) is 0 Å². The molecule has 0 atom stereocenters. The Morgan fingerprint density at radius 2 is 1.92 bits per heavy atom. The third kappa shape index (κ3) is 5.76. The minimum atomic E-state index is -2.83. The Hall–Kier alpha value is -1.67. The molecule has 6 nitrogen and oxygen atoms in total. The molecule has 1 aliphatic heterocycles. The van der Waals surface area contributed by atoms with Gasteiger partial charge in [-0.15, -0.1) is 0 Å². The molecular weight excluding hydrogens is 331 g/mol. The molecule has 1 saturated heterocycles. The molecule has 0 aromatic heterocycles. The van der Waals surface area contributed by atoms with E-state index in [4.69, 9.17) is 0 Å². The molecule has 0 spiro atoms. The van der Waals surface area contributed by atoms with Crippen LogP contribution in [0.15, 0.2) is 29.3 Å². The molecule has 1 aliphatic rings. The van der Waals surface area contributed by atoms with E-state index in [9.17, 15) is 12.8 Å². The molecule has 1 fully saturated rings. The van der Waals surface area contributed by atoms with Gasteiger partial charge in [-0.2, -0.15) is 0 Å². The second-order valence-corrected chi connectivity index (χ2v) is 8.25. The van der Waals surface area contributed by atoms with Crippen molar-refractivity contribution < 1.29 is 12.8 Å². The Kier molecular flexibility index (Phi) is 6.56. The van der Waals surface area contributed by atoms with E-state index in [1.807, 2.05) is 11.9 Å². The minimum Gasteiger partial charge on any atom is -0.355 e. The molecular formula is C16H25FN4O2S. The van der Waals surface area contributed by atoms with Crippen molar-refractivity contribution in [3.63, 3.8) is 0 Å². The average molecular weight is 356 g/mol. The van der Waals surface area contributed by atoms with Crippen molar-refractivity contribution in [2.75, 3.05) is 51.8 Å². The lowest BCUT2D eigenvalue weighted by Gasteiger charge is -2.28. The van der Waals surface area contributed by atoms with Gasteiger partial charge in [-0.25, -0.2) is 12.8 Å². The van der Waals surface area contributed by atoms with Crippen LogP contribution in [-0.4, -0.2) is 76.0 Å². The molecule has 24 heavy (non-hydrogen) atoms. The number of guanidine groups is 1. The van der Waals surface area contributed by atoms with Gasteiger partial charge in [-0.3, -0.25) is 9.89 Å². The Morgan fingerprint density at radius 1 is 1.29 bits per heavy atom. The van der Waals surface area contributed by atoms with E-state index in [1.54, 1.807) is 19.2 Å². The Bertz CT molecular complexity index is 647. The number of rotatable bonds is 5. The van der Waals surface area contributed by atoms with Crippen molar-refractivity contribution in [1.29, 1.82) is 0 Å². The largest absolute Gasteiger partial charge is 0.355 e. The van der Waals surface area contributed by atoms with E-state index in [1.165, 1.54) is 12.1 Å². The van der Waals surface area contributed by atoms with Gasteiger partial charge in [0.25, 0.3) is 0 Å². The summed E-state index contributed by atoms with van der Waals surface area (Å²) in [7, 11) is 0.808. The van der Waals surface area contributed by atoms with Crippen molar-refractivity contribution in [3.05, 3.63) is 35.6 Å². The van der Waals surface area contributed by atoms with E-state index in [2.05, 4.69) is 15.2 Å². The second-order valence-electron chi connectivity index (χ2n) is 5.95. The fourth-order valence-corrected chi connectivity index (χ4v) is 3.90. The summed E-state index contributed by atoms with van der Waals surface area (Å²) in [6.45, 7) is 3.28. The summed E-state index contributed by atoms with van der Waals surface area (Å²) in [6.07, 6.45) is 0. The monoisotopic (exact) mass is 356 g/mol. The molecule has 1 N–H and O–H groups in total. The van der Waals surface area contributed by atoms with Crippen LogP contribution in [-0.2, 0) is 16.4 Å². The summed E-state index contributed by atoms with van der Waals surface area (Å²) in [5.74, 6) is 0.995. The lowest BCUT2D eigenvalue weighted by Crippen LogP contribution is -2.46. The smallest absolute Gasteiger partial charge is 0.193 e. The molecule has 1 aromatic carbocycles. The fourth-order valence-electron chi connectivity index (χ4n) is 2.62. The number of benzene rings is 1. The summed E-state index contributed by atoms with van der Waals surface area (Å²) in [5.41, 5.74) is 1.00. The van der Waals surface area contributed by atoms with E-state index in [0.717, 1.165) is 18.1 Å². The number of halogens is 1. The number of nitrogens with zero attached hydrogens (tertiary/aromatic N) is 3. The molecule has 2 rings (SSSR count). The van der Waals surface area contributed by atoms with Crippen LogP contribution < -0.4 is 5.32 Å². The van der Waals surface area contributed by atoms with Gasteiger partial charge in [0.15, 0.2) is 15.8 Å². The first-order chi connectivity index (χ1) is 11.4. The van der Waals surface area contributed by atoms with Crippen LogP contribution in [0.4, 0.5) is 4.39 Å². The lowest BCUT2D eigenvalue weighted by molar-refractivity contribution is 0.298. The molecule has 1 aromatic rings. The standard InChI is InChI=1S/C16H25FN4O2S/c1-18-16(20(2)13-14-3-5-15(17)6-4-14)19-7-8-21-9-11-24(22,23)12-10-21/h3-6H,7-13H2,1-2H3,(H,18,19). The van der Waals surface area contributed by atoms with Crippen LogP contribution in [0.3, 0.4) is 0 Å². The minimum absolute atomic E-state index is 0.242. The number of nitrogens with one attached hydrogen (secondary N) is 1. The Balaban J connectivity index is 1.76.